The fourth-order valence-corrected chi connectivity index (χ4v) is 3.08. The van der Waals surface area contributed by atoms with Crippen molar-refractivity contribution in [1.29, 1.82) is 0 Å². The molecular weight excluding hydrogens is 434 g/mol. The Morgan fingerprint density at radius 3 is 1.94 bits per heavy atom. The van der Waals surface area contributed by atoms with Gasteiger partial charge in [-0.05, 0) is 45.7 Å². The number of esters is 3. The first-order valence-corrected chi connectivity index (χ1v) is 10.2. The summed E-state index contributed by atoms with van der Waals surface area (Å²) in [5.74, 6) is 4.12. The molecule has 0 saturated heterocycles. The fourth-order valence-electron chi connectivity index (χ4n) is 3.08. The minimum atomic E-state index is -0.553. The van der Waals surface area contributed by atoms with E-state index < -0.39 is 17.9 Å². The lowest BCUT2D eigenvalue weighted by atomic mass is 10.2. The third-order valence-electron chi connectivity index (χ3n) is 4.58. The van der Waals surface area contributed by atoms with Crippen LogP contribution in [0.1, 0.15) is 63.1 Å². The quantitative estimate of drug-likeness (QED) is 0.314. The molecule has 0 saturated carbocycles. The van der Waals surface area contributed by atoms with Crippen molar-refractivity contribution in [2.45, 2.75) is 34.6 Å². The number of nitrogens with one attached hydrogen (secondary N) is 1. The molecule has 0 spiro atoms. The molecule has 12 heteroatoms. The second kappa shape index (κ2) is 11.0. The third kappa shape index (κ3) is 5.40. The molecule has 3 N–H and O–H groups in total. The summed E-state index contributed by atoms with van der Waals surface area (Å²) in [6.07, 6.45) is 4.14. The summed E-state index contributed by atoms with van der Waals surface area (Å²) in [6.45, 7) is 9.27. The van der Waals surface area contributed by atoms with Crippen LogP contribution in [0.2, 0.25) is 0 Å². The lowest BCUT2D eigenvalue weighted by Gasteiger charge is -2.04. The van der Waals surface area contributed by atoms with Crippen molar-refractivity contribution in [3.05, 3.63) is 57.0 Å². The summed E-state index contributed by atoms with van der Waals surface area (Å²) >= 11 is 0. The Morgan fingerprint density at radius 2 is 1.42 bits per heavy atom. The van der Waals surface area contributed by atoms with Crippen molar-refractivity contribution < 1.29 is 28.6 Å². The van der Waals surface area contributed by atoms with E-state index in [4.69, 9.17) is 20.1 Å². The summed E-state index contributed by atoms with van der Waals surface area (Å²) < 4.78 is 17.1. The lowest BCUT2D eigenvalue weighted by molar-refractivity contribution is 0.0509. The molecule has 3 rings (SSSR count). The van der Waals surface area contributed by atoms with Gasteiger partial charge in [-0.25, -0.2) is 18.9 Å². The van der Waals surface area contributed by atoms with Gasteiger partial charge in [-0.2, -0.15) is 5.10 Å². The number of ether oxygens (including phenoxy) is 3. The second-order valence-corrected chi connectivity index (χ2v) is 6.66. The van der Waals surface area contributed by atoms with Gasteiger partial charge in [-0.15, -0.1) is 0 Å². The first kappa shape index (κ1) is 25.2. The summed E-state index contributed by atoms with van der Waals surface area (Å²) in [5, 5.41) is 3.92. The van der Waals surface area contributed by atoms with Crippen LogP contribution in [-0.4, -0.2) is 57.0 Å². The first-order valence-electron chi connectivity index (χ1n) is 10.2. The monoisotopic (exact) mass is 461 g/mol. The van der Waals surface area contributed by atoms with Gasteiger partial charge in [-0.1, -0.05) is 0 Å². The number of carbonyl (C=O) groups is 3. The number of hydrogen-bond acceptors (Lipinski definition) is 9. The van der Waals surface area contributed by atoms with Crippen molar-refractivity contribution in [2.24, 2.45) is 0 Å². The van der Waals surface area contributed by atoms with Crippen LogP contribution in [0, 0.1) is 13.8 Å². The molecule has 0 aliphatic carbocycles. The lowest BCUT2D eigenvalue weighted by Crippen LogP contribution is -2.18. The van der Waals surface area contributed by atoms with Crippen molar-refractivity contribution in [1.82, 2.24) is 19.3 Å². The smallest absolute Gasteiger partial charge is 0.357 e. The number of nitrogens with zero attached hydrogens (tertiary/aromatic N) is 3. The van der Waals surface area contributed by atoms with Crippen LogP contribution in [0.15, 0.2) is 23.5 Å². The number of aryl methyl sites for hydroxylation is 1. The van der Waals surface area contributed by atoms with Crippen LogP contribution in [-0.2, 0) is 14.2 Å². The Kier molecular flexibility index (Phi) is 8.37. The van der Waals surface area contributed by atoms with Gasteiger partial charge in [0.15, 0.2) is 5.69 Å². The number of hydrogen-bond donors (Lipinski definition) is 2. The highest BCUT2D eigenvalue weighted by Gasteiger charge is 2.23. The molecule has 0 aliphatic heterocycles. The standard InChI is InChI=1S/C11H16N2O4.C10H11N3O3/c1-4-16-10(14)8-6-13(12)9(7(8)3)11(15)17-5-2;1-3-16-10(15)7-4-13-8(6(7)2)9(14)11-5-12-13/h6H,4-5,12H2,1-3H3;4-5H,3H2,1-2H3,(H,11,12,14). The van der Waals surface area contributed by atoms with E-state index in [1.165, 1.54) is 23.2 Å². The molecule has 0 radical (unpaired) electrons. The number of fused-ring (bicyclic) bond motifs is 1. The van der Waals surface area contributed by atoms with Crippen molar-refractivity contribution >= 4 is 23.4 Å². The van der Waals surface area contributed by atoms with Crippen LogP contribution >= 0.6 is 0 Å². The number of H-pyrrole nitrogens is 1. The van der Waals surface area contributed by atoms with Crippen molar-refractivity contribution in [2.75, 3.05) is 25.7 Å². The summed E-state index contributed by atoms with van der Waals surface area (Å²) in [4.78, 5) is 48.7. The highest BCUT2D eigenvalue weighted by molar-refractivity contribution is 5.97. The van der Waals surface area contributed by atoms with Crippen LogP contribution in [0.25, 0.3) is 5.52 Å². The van der Waals surface area contributed by atoms with E-state index in [0.717, 1.165) is 4.68 Å². The summed E-state index contributed by atoms with van der Waals surface area (Å²) in [6, 6.07) is 0. The van der Waals surface area contributed by atoms with E-state index in [2.05, 4.69) is 10.1 Å². The Bertz CT molecular complexity index is 1220. The predicted octanol–water partition coefficient (Wildman–Crippen LogP) is 1.37. The van der Waals surface area contributed by atoms with Gasteiger partial charge in [0.25, 0.3) is 5.56 Å². The molecule has 0 amide bonds. The molecule has 0 aliphatic rings. The zero-order valence-corrected chi connectivity index (χ0v) is 19.1. The molecule has 0 atom stereocenters. The maximum atomic E-state index is 11.6. The predicted molar refractivity (Wildman–Crippen MR) is 118 cm³/mol. The molecular formula is C21H27N5O7. The zero-order chi connectivity index (χ0) is 24.7. The second-order valence-electron chi connectivity index (χ2n) is 6.66. The van der Waals surface area contributed by atoms with E-state index >= 15 is 0 Å². The number of rotatable bonds is 6. The maximum Gasteiger partial charge on any atom is 0.357 e. The number of aromatic amines is 1. The van der Waals surface area contributed by atoms with Gasteiger partial charge >= 0.3 is 17.9 Å². The van der Waals surface area contributed by atoms with Gasteiger partial charge in [0.2, 0.25) is 0 Å². The van der Waals surface area contributed by atoms with Crippen LogP contribution in [0.5, 0.6) is 0 Å². The van der Waals surface area contributed by atoms with Gasteiger partial charge < -0.3 is 25.0 Å². The molecule has 3 heterocycles. The highest BCUT2D eigenvalue weighted by Crippen LogP contribution is 2.17. The molecule has 12 nitrogen and oxygen atoms in total. The van der Waals surface area contributed by atoms with Gasteiger partial charge in [0.05, 0.1) is 30.9 Å². The molecule has 33 heavy (non-hydrogen) atoms. The Hall–Kier alpha value is -4.09. The summed E-state index contributed by atoms with van der Waals surface area (Å²) in [5.41, 5.74) is 1.93. The van der Waals surface area contributed by atoms with E-state index in [-0.39, 0.29) is 30.0 Å². The average molecular weight is 461 g/mol. The fraction of sp³-hybridized carbons (Fsp3) is 0.381. The van der Waals surface area contributed by atoms with E-state index in [9.17, 15) is 19.2 Å². The zero-order valence-electron chi connectivity index (χ0n) is 19.1. The molecule has 178 valence electrons. The Labute approximate surface area is 189 Å². The Morgan fingerprint density at radius 1 is 0.909 bits per heavy atom. The van der Waals surface area contributed by atoms with Crippen molar-refractivity contribution in [3.63, 3.8) is 0 Å². The summed E-state index contributed by atoms with van der Waals surface area (Å²) in [7, 11) is 0. The maximum absolute atomic E-state index is 11.6. The SMILES string of the molecule is CCOC(=O)c1cn(N)c(C(=O)OCC)c1C.CCOC(=O)c1cn2nc[nH]c(=O)c2c1C. The number of nitrogen functional groups attached to an aromatic ring is 1. The normalized spacial score (nSPS) is 10.3. The minimum Gasteiger partial charge on any atom is -0.462 e. The van der Waals surface area contributed by atoms with Crippen LogP contribution < -0.4 is 11.4 Å². The van der Waals surface area contributed by atoms with Crippen LogP contribution in [0.3, 0.4) is 0 Å². The number of nitrogens with two attached hydrogens (primary N) is 1. The highest BCUT2D eigenvalue weighted by atomic mass is 16.5. The molecule has 3 aromatic rings. The average Bonchev–Trinajstić information content (AvgIpc) is 3.26. The number of aromatic nitrogens is 4. The van der Waals surface area contributed by atoms with E-state index in [1.54, 1.807) is 34.6 Å². The van der Waals surface area contributed by atoms with Gasteiger partial charge in [-0.3, -0.25) is 9.47 Å². The molecule has 0 aromatic carbocycles. The van der Waals surface area contributed by atoms with Crippen molar-refractivity contribution in [3.8, 4) is 0 Å². The van der Waals surface area contributed by atoms with E-state index in [0.29, 0.717) is 28.8 Å². The molecule has 0 fully saturated rings. The number of carbonyl (C=O) groups excluding carboxylic acids is 3. The molecule has 3 aromatic heterocycles. The largest absolute Gasteiger partial charge is 0.462 e. The topological polar surface area (TPSA) is 160 Å². The van der Waals surface area contributed by atoms with Gasteiger partial charge in [0, 0.05) is 12.4 Å². The Balaban J connectivity index is 0.000000234. The minimum absolute atomic E-state index is 0.162. The van der Waals surface area contributed by atoms with Crippen LogP contribution in [0.4, 0.5) is 0 Å². The third-order valence-corrected chi connectivity index (χ3v) is 4.58. The van der Waals surface area contributed by atoms with E-state index in [1.807, 2.05) is 0 Å². The first-order chi connectivity index (χ1) is 15.7. The molecule has 0 unspecified atom stereocenters. The van der Waals surface area contributed by atoms with Gasteiger partial charge in [0.1, 0.15) is 11.8 Å². The molecule has 0 bridgehead atoms.